The van der Waals surface area contributed by atoms with Crippen molar-refractivity contribution in [2.75, 3.05) is 0 Å². The number of carboxylic acid groups (broad SMARTS) is 1. The van der Waals surface area contributed by atoms with Crippen molar-refractivity contribution < 1.29 is 14.6 Å². The number of hydrogen-bond acceptors (Lipinski definition) is 2. The van der Waals surface area contributed by atoms with Crippen molar-refractivity contribution in [2.45, 2.75) is 6.42 Å². The molecule has 0 unspecified atom stereocenters. The van der Waals surface area contributed by atoms with Gasteiger partial charge in [0.15, 0.2) is 0 Å². The predicted octanol–water partition coefficient (Wildman–Crippen LogP) is 3.66. The maximum absolute atomic E-state index is 10.3. The van der Waals surface area contributed by atoms with Gasteiger partial charge < -0.3 is 9.84 Å². The molecule has 0 amide bonds. The molecule has 0 bridgehead atoms. The summed E-state index contributed by atoms with van der Waals surface area (Å²) >= 11 is 0. The average molecular weight is 254 g/mol. The molecule has 3 heteroatoms. The lowest BCUT2D eigenvalue weighted by atomic mass is 10.1. The van der Waals surface area contributed by atoms with E-state index in [9.17, 15) is 4.79 Å². The summed E-state index contributed by atoms with van der Waals surface area (Å²) in [6.45, 7) is 0. The Morgan fingerprint density at radius 1 is 1.00 bits per heavy atom. The topological polar surface area (TPSA) is 46.5 Å². The molecule has 96 valence electrons. The average Bonchev–Trinajstić information content (AvgIpc) is 2.42. The number of carbonyl (C=O) groups is 1. The zero-order valence-electron chi connectivity index (χ0n) is 10.3. The highest BCUT2D eigenvalue weighted by Crippen LogP contribution is 2.21. The SMILES string of the molecule is O=C(O)C=CCc1ccc(Oc2ccccc2)cc1. The molecule has 0 fully saturated rings. The van der Waals surface area contributed by atoms with Crippen LogP contribution in [0.25, 0.3) is 0 Å². The van der Waals surface area contributed by atoms with E-state index in [4.69, 9.17) is 9.84 Å². The first kappa shape index (κ1) is 12.9. The van der Waals surface area contributed by atoms with Gasteiger partial charge >= 0.3 is 5.97 Å². The van der Waals surface area contributed by atoms with Gasteiger partial charge in [-0.1, -0.05) is 36.4 Å². The first-order valence-corrected chi connectivity index (χ1v) is 5.95. The lowest BCUT2D eigenvalue weighted by Gasteiger charge is -2.05. The van der Waals surface area contributed by atoms with Gasteiger partial charge in [-0.25, -0.2) is 4.79 Å². The van der Waals surface area contributed by atoms with Crippen LogP contribution in [-0.2, 0) is 11.2 Å². The second kappa shape index (κ2) is 6.40. The van der Waals surface area contributed by atoms with Crippen LogP contribution in [0.2, 0.25) is 0 Å². The smallest absolute Gasteiger partial charge is 0.327 e. The Kier molecular flexibility index (Phi) is 4.34. The van der Waals surface area contributed by atoms with E-state index in [2.05, 4.69) is 0 Å². The summed E-state index contributed by atoms with van der Waals surface area (Å²) < 4.78 is 5.66. The van der Waals surface area contributed by atoms with Crippen LogP contribution in [0.4, 0.5) is 0 Å². The maximum atomic E-state index is 10.3. The predicted molar refractivity (Wildman–Crippen MR) is 73.4 cm³/mol. The van der Waals surface area contributed by atoms with Crippen LogP contribution in [0.3, 0.4) is 0 Å². The number of aliphatic carboxylic acids is 1. The quantitative estimate of drug-likeness (QED) is 0.828. The molecule has 1 N–H and O–H groups in total. The summed E-state index contributed by atoms with van der Waals surface area (Å²) in [6, 6.07) is 17.1. The van der Waals surface area contributed by atoms with Gasteiger partial charge in [0.1, 0.15) is 11.5 Å². The molecule has 0 aliphatic rings. The zero-order valence-corrected chi connectivity index (χ0v) is 10.3. The zero-order chi connectivity index (χ0) is 13.5. The number of para-hydroxylation sites is 1. The number of ether oxygens (including phenoxy) is 1. The summed E-state index contributed by atoms with van der Waals surface area (Å²) in [5, 5.41) is 8.49. The Morgan fingerprint density at radius 3 is 2.26 bits per heavy atom. The van der Waals surface area contributed by atoms with Crippen LogP contribution >= 0.6 is 0 Å². The molecule has 3 nitrogen and oxygen atoms in total. The Labute approximate surface area is 111 Å². The fourth-order valence-electron chi connectivity index (χ4n) is 1.61. The Hall–Kier alpha value is -2.55. The Bertz CT molecular complexity index is 556. The largest absolute Gasteiger partial charge is 0.478 e. The molecule has 0 saturated carbocycles. The van der Waals surface area contributed by atoms with Crippen molar-refractivity contribution in [3.05, 3.63) is 72.3 Å². The van der Waals surface area contributed by atoms with E-state index >= 15 is 0 Å². The fourth-order valence-corrected chi connectivity index (χ4v) is 1.61. The van der Waals surface area contributed by atoms with Gasteiger partial charge in [-0.2, -0.15) is 0 Å². The molecule has 0 saturated heterocycles. The highest BCUT2D eigenvalue weighted by Gasteiger charge is 1.96. The van der Waals surface area contributed by atoms with Gasteiger partial charge in [0.25, 0.3) is 0 Å². The second-order valence-corrected chi connectivity index (χ2v) is 4.00. The third-order valence-corrected chi connectivity index (χ3v) is 2.52. The molecule has 2 rings (SSSR count). The van der Waals surface area contributed by atoms with Gasteiger partial charge in [0.2, 0.25) is 0 Å². The van der Waals surface area contributed by atoms with Crippen molar-refractivity contribution in [1.29, 1.82) is 0 Å². The highest BCUT2D eigenvalue weighted by atomic mass is 16.5. The summed E-state index contributed by atoms with van der Waals surface area (Å²) in [5.41, 5.74) is 1.04. The van der Waals surface area contributed by atoms with E-state index in [0.717, 1.165) is 23.1 Å². The van der Waals surface area contributed by atoms with Crippen molar-refractivity contribution >= 4 is 5.97 Å². The lowest BCUT2D eigenvalue weighted by molar-refractivity contribution is -0.131. The van der Waals surface area contributed by atoms with Gasteiger partial charge in [-0.05, 0) is 36.2 Å². The van der Waals surface area contributed by atoms with E-state index in [1.807, 2.05) is 54.6 Å². The first-order valence-electron chi connectivity index (χ1n) is 5.95. The van der Waals surface area contributed by atoms with Gasteiger partial charge in [-0.3, -0.25) is 0 Å². The number of carboxylic acids is 1. The normalized spacial score (nSPS) is 10.5. The molecule has 0 atom stereocenters. The molecule has 0 aliphatic carbocycles. The van der Waals surface area contributed by atoms with Crippen molar-refractivity contribution in [3.63, 3.8) is 0 Å². The van der Waals surface area contributed by atoms with E-state index < -0.39 is 5.97 Å². The third-order valence-electron chi connectivity index (χ3n) is 2.52. The number of allylic oxidation sites excluding steroid dienone is 1. The standard InChI is InChI=1S/C16H14O3/c17-16(18)8-4-5-13-9-11-15(12-10-13)19-14-6-2-1-3-7-14/h1-4,6-12H,5H2,(H,17,18). The van der Waals surface area contributed by atoms with E-state index in [-0.39, 0.29) is 0 Å². The Balaban J connectivity index is 1.97. The molecule has 0 aliphatic heterocycles. The molecule has 0 heterocycles. The molecule has 2 aromatic carbocycles. The minimum atomic E-state index is -0.927. The second-order valence-electron chi connectivity index (χ2n) is 4.00. The fraction of sp³-hybridized carbons (Fsp3) is 0.0625. The number of hydrogen-bond donors (Lipinski definition) is 1. The van der Waals surface area contributed by atoms with Crippen LogP contribution in [0.1, 0.15) is 5.56 Å². The molecule has 0 spiro atoms. The van der Waals surface area contributed by atoms with Crippen LogP contribution in [0, 0.1) is 0 Å². The highest BCUT2D eigenvalue weighted by molar-refractivity contribution is 5.79. The van der Waals surface area contributed by atoms with Crippen molar-refractivity contribution in [3.8, 4) is 11.5 Å². The van der Waals surface area contributed by atoms with E-state index in [0.29, 0.717) is 6.42 Å². The van der Waals surface area contributed by atoms with Crippen molar-refractivity contribution in [2.24, 2.45) is 0 Å². The molecular formula is C16H14O3. The molecule has 19 heavy (non-hydrogen) atoms. The lowest BCUT2D eigenvalue weighted by Crippen LogP contribution is -1.88. The van der Waals surface area contributed by atoms with E-state index in [1.54, 1.807) is 6.08 Å². The van der Waals surface area contributed by atoms with Gasteiger partial charge in [-0.15, -0.1) is 0 Å². The maximum Gasteiger partial charge on any atom is 0.327 e. The van der Waals surface area contributed by atoms with Gasteiger partial charge in [0.05, 0.1) is 0 Å². The molecule has 2 aromatic rings. The minimum absolute atomic E-state index is 0.595. The number of benzene rings is 2. The monoisotopic (exact) mass is 254 g/mol. The molecule has 0 radical (unpaired) electrons. The summed E-state index contributed by atoms with van der Waals surface area (Å²) in [5.74, 6) is 0.627. The first-order chi connectivity index (χ1) is 9.24. The van der Waals surface area contributed by atoms with Crippen LogP contribution in [-0.4, -0.2) is 11.1 Å². The van der Waals surface area contributed by atoms with Crippen LogP contribution < -0.4 is 4.74 Å². The molecular weight excluding hydrogens is 240 g/mol. The third kappa shape index (κ3) is 4.32. The summed E-state index contributed by atoms with van der Waals surface area (Å²) in [6.07, 6.45) is 3.36. The van der Waals surface area contributed by atoms with E-state index in [1.165, 1.54) is 0 Å². The number of rotatable bonds is 5. The van der Waals surface area contributed by atoms with Crippen LogP contribution in [0.15, 0.2) is 66.7 Å². The molecule has 0 aromatic heterocycles. The van der Waals surface area contributed by atoms with Crippen molar-refractivity contribution in [1.82, 2.24) is 0 Å². The Morgan fingerprint density at radius 2 is 1.63 bits per heavy atom. The minimum Gasteiger partial charge on any atom is -0.478 e. The summed E-state index contributed by atoms with van der Waals surface area (Å²) in [7, 11) is 0. The summed E-state index contributed by atoms with van der Waals surface area (Å²) in [4.78, 5) is 10.3. The van der Waals surface area contributed by atoms with Crippen LogP contribution in [0.5, 0.6) is 11.5 Å². The van der Waals surface area contributed by atoms with Gasteiger partial charge in [0, 0.05) is 6.08 Å².